The summed E-state index contributed by atoms with van der Waals surface area (Å²) < 4.78 is 7.33. The molecule has 2 fully saturated rings. The number of anilines is 1. The van der Waals surface area contributed by atoms with Crippen LogP contribution in [0.3, 0.4) is 0 Å². The topological polar surface area (TPSA) is 102 Å². The molecule has 4 rings (SSSR count). The number of nitrogens with zero attached hydrogens (tertiary/aromatic N) is 5. The summed E-state index contributed by atoms with van der Waals surface area (Å²) in [5.41, 5.74) is 2.08. The largest absolute Gasteiger partial charge is 0.497 e. The number of hydrogen-bond acceptors (Lipinski definition) is 9. The van der Waals surface area contributed by atoms with Crippen LogP contribution in [0.4, 0.5) is 5.82 Å². The summed E-state index contributed by atoms with van der Waals surface area (Å²) >= 11 is 6.82. The number of amides is 1. The maximum Gasteiger partial charge on any atom is 0.270 e. The molecule has 2 saturated heterocycles. The first-order valence-corrected chi connectivity index (χ1v) is 14.2. The number of carbonyl (C=O) groups is 1. The van der Waals surface area contributed by atoms with Crippen molar-refractivity contribution in [1.82, 2.24) is 14.4 Å². The Morgan fingerprint density at radius 3 is 2.44 bits per heavy atom. The van der Waals surface area contributed by atoms with Gasteiger partial charge in [0.15, 0.2) is 0 Å². The first-order chi connectivity index (χ1) is 18.8. The van der Waals surface area contributed by atoms with Crippen LogP contribution in [0.15, 0.2) is 34.0 Å². The van der Waals surface area contributed by atoms with Gasteiger partial charge in [-0.15, -0.1) is 0 Å². The first kappa shape index (κ1) is 28.8. The van der Waals surface area contributed by atoms with Gasteiger partial charge in [0.2, 0.25) is 0 Å². The predicted octanol–water partition coefficient (Wildman–Crippen LogP) is 2.62. The van der Waals surface area contributed by atoms with E-state index in [0.29, 0.717) is 65.3 Å². The van der Waals surface area contributed by atoms with E-state index in [1.165, 1.54) is 11.8 Å². The lowest BCUT2D eigenvalue weighted by Crippen LogP contribution is -2.49. The Kier molecular flexibility index (Phi) is 9.45. The minimum atomic E-state index is -0.325. The molecule has 3 heterocycles. The second-order valence-electron chi connectivity index (χ2n) is 9.38. The Bertz CT molecular complexity index is 1370. The molecule has 0 radical (unpaired) electrons. The quantitative estimate of drug-likeness (QED) is 0.362. The number of methoxy groups -OCH3 is 1. The molecular weight excluding hydrogens is 534 g/mol. The second-order valence-corrected chi connectivity index (χ2v) is 11.1. The van der Waals surface area contributed by atoms with E-state index in [1.807, 2.05) is 31.2 Å². The molecule has 1 amide bonds. The van der Waals surface area contributed by atoms with Gasteiger partial charge in [0.25, 0.3) is 11.5 Å². The molecule has 2 aliphatic heterocycles. The van der Waals surface area contributed by atoms with E-state index in [4.69, 9.17) is 17.0 Å². The Balaban J connectivity index is 1.67. The minimum Gasteiger partial charge on any atom is -0.497 e. The molecule has 1 aromatic heterocycles. The van der Waals surface area contributed by atoms with Gasteiger partial charge in [-0.2, -0.15) is 5.26 Å². The second kappa shape index (κ2) is 12.8. The van der Waals surface area contributed by atoms with Crippen molar-refractivity contribution in [3.8, 4) is 11.8 Å². The molecule has 0 aliphatic carbocycles. The number of piperazine rings is 1. The van der Waals surface area contributed by atoms with E-state index in [0.717, 1.165) is 24.4 Å². The fraction of sp³-hybridized carbons (Fsp3) is 0.429. The number of β-amino-alcohol motifs (C(OH)–C–C–N with tert-alkyl or cyclic N) is 1. The third-order valence-electron chi connectivity index (χ3n) is 7.18. The van der Waals surface area contributed by atoms with Crippen molar-refractivity contribution in [2.24, 2.45) is 0 Å². The highest BCUT2D eigenvalue weighted by atomic mass is 32.2. The molecule has 11 heteroatoms. The zero-order valence-electron chi connectivity index (χ0n) is 22.5. The van der Waals surface area contributed by atoms with Gasteiger partial charge in [0.1, 0.15) is 27.5 Å². The number of hydrogen-bond donors (Lipinski definition) is 1. The number of aliphatic hydroxyl groups excluding tert-OH is 1. The molecule has 2 aromatic rings. The van der Waals surface area contributed by atoms with Crippen LogP contribution in [0, 0.1) is 18.3 Å². The molecule has 1 N–H and O–H groups in total. The lowest BCUT2D eigenvalue weighted by atomic mass is 10.0. The number of pyridine rings is 1. The molecule has 1 aromatic carbocycles. The van der Waals surface area contributed by atoms with E-state index in [1.54, 1.807) is 29.6 Å². The van der Waals surface area contributed by atoms with Crippen molar-refractivity contribution in [1.29, 1.82) is 5.26 Å². The maximum absolute atomic E-state index is 13.5. The molecule has 0 bridgehead atoms. The number of thioether (sulfide) groups is 1. The average molecular weight is 568 g/mol. The highest BCUT2D eigenvalue weighted by molar-refractivity contribution is 8.26. The molecule has 0 atom stereocenters. The van der Waals surface area contributed by atoms with E-state index in [9.17, 15) is 20.0 Å². The molecule has 206 valence electrons. The van der Waals surface area contributed by atoms with Crippen molar-refractivity contribution >= 4 is 46.1 Å². The summed E-state index contributed by atoms with van der Waals surface area (Å²) in [7, 11) is 1.62. The minimum absolute atomic E-state index is 0.0840. The molecule has 0 saturated carbocycles. The van der Waals surface area contributed by atoms with Gasteiger partial charge in [0.05, 0.1) is 18.6 Å². The number of benzene rings is 1. The van der Waals surface area contributed by atoms with Crippen molar-refractivity contribution in [3.05, 3.63) is 61.8 Å². The lowest BCUT2D eigenvalue weighted by Gasteiger charge is -2.37. The number of nitriles is 1. The van der Waals surface area contributed by atoms with Crippen molar-refractivity contribution in [2.45, 2.75) is 26.8 Å². The van der Waals surface area contributed by atoms with Crippen molar-refractivity contribution < 1.29 is 14.6 Å². The van der Waals surface area contributed by atoms with E-state index in [2.05, 4.69) is 15.9 Å². The highest BCUT2D eigenvalue weighted by Gasteiger charge is 2.33. The number of aliphatic hydroxyl groups is 1. The SMILES string of the molecule is CCn1c(N2CCN(CCO)CC2)c(/C=C2\SC(=S)N(CCc3ccc(OC)cc3)C2=O)c(C)c(C#N)c1=O. The highest BCUT2D eigenvalue weighted by Crippen LogP contribution is 2.36. The Hall–Kier alpha value is -3.17. The van der Waals surface area contributed by atoms with Gasteiger partial charge in [-0.1, -0.05) is 36.1 Å². The predicted molar refractivity (Wildman–Crippen MR) is 158 cm³/mol. The normalized spacial score (nSPS) is 17.3. The Labute approximate surface area is 238 Å². The molecule has 0 spiro atoms. The van der Waals surface area contributed by atoms with Crippen molar-refractivity contribution in [2.75, 3.05) is 57.9 Å². The van der Waals surface area contributed by atoms with E-state index < -0.39 is 0 Å². The molecule has 9 nitrogen and oxygen atoms in total. The lowest BCUT2D eigenvalue weighted by molar-refractivity contribution is -0.122. The van der Waals surface area contributed by atoms with Gasteiger partial charge < -0.3 is 14.7 Å². The van der Waals surface area contributed by atoms with Crippen LogP contribution in [0.5, 0.6) is 5.75 Å². The standard InChI is InChI=1S/C28H33N5O4S2/c1-4-32-25(31-13-11-30(12-14-31)15-16-34)22(19(2)23(18-29)26(32)35)17-24-27(36)33(28(38)39-24)10-9-20-5-7-21(37-3)8-6-20/h5-8,17,34H,4,9-16H2,1-3H3/b24-17-. The monoisotopic (exact) mass is 567 g/mol. The van der Waals surface area contributed by atoms with Crippen LogP contribution in [-0.4, -0.2) is 82.7 Å². The first-order valence-electron chi connectivity index (χ1n) is 13.0. The summed E-state index contributed by atoms with van der Waals surface area (Å²) in [5.74, 6) is 1.31. The number of carbonyl (C=O) groups excluding carboxylic acids is 1. The number of aromatic nitrogens is 1. The summed E-state index contributed by atoms with van der Waals surface area (Å²) in [6, 6.07) is 9.81. The number of thiocarbonyl (C=S) groups is 1. The van der Waals surface area contributed by atoms with E-state index >= 15 is 0 Å². The third-order valence-corrected chi connectivity index (χ3v) is 8.56. The zero-order chi connectivity index (χ0) is 28.1. The third kappa shape index (κ3) is 6.04. The fourth-order valence-corrected chi connectivity index (χ4v) is 6.25. The average Bonchev–Trinajstić information content (AvgIpc) is 3.21. The van der Waals surface area contributed by atoms with Gasteiger partial charge in [-0.3, -0.25) is 24.0 Å². The molecule has 2 aliphatic rings. The van der Waals surface area contributed by atoms with Crippen LogP contribution in [0.25, 0.3) is 6.08 Å². The van der Waals surface area contributed by atoms with Crippen LogP contribution in [0.1, 0.15) is 29.2 Å². The summed E-state index contributed by atoms with van der Waals surface area (Å²) in [4.78, 5) is 33.1. The molecule has 0 unspecified atom stereocenters. The van der Waals surface area contributed by atoms with Crippen LogP contribution >= 0.6 is 24.0 Å². The maximum atomic E-state index is 13.5. The van der Waals surface area contributed by atoms with E-state index in [-0.39, 0.29) is 23.6 Å². The zero-order valence-corrected chi connectivity index (χ0v) is 24.1. The number of rotatable bonds is 9. The van der Waals surface area contributed by atoms with Crippen LogP contribution in [0.2, 0.25) is 0 Å². The Morgan fingerprint density at radius 1 is 1.15 bits per heavy atom. The summed E-state index contributed by atoms with van der Waals surface area (Å²) in [6.45, 7) is 7.99. The number of ether oxygens (including phenoxy) is 1. The summed E-state index contributed by atoms with van der Waals surface area (Å²) in [5, 5.41) is 19.1. The Morgan fingerprint density at radius 2 is 1.85 bits per heavy atom. The van der Waals surface area contributed by atoms with Crippen molar-refractivity contribution in [3.63, 3.8) is 0 Å². The van der Waals surface area contributed by atoms with Crippen LogP contribution < -0.4 is 15.2 Å². The van der Waals surface area contributed by atoms with Gasteiger partial charge in [0, 0.05) is 51.4 Å². The van der Waals surface area contributed by atoms with Gasteiger partial charge >= 0.3 is 0 Å². The summed E-state index contributed by atoms with van der Waals surface area (Å²) in [6.07, 6.45) is 2.44. The van der Waals surface area contributed by atoms with Gasteiger partial charge in [-0.25, -0.2) is 0 Å². The van der Waals surface area contributed by atoms with Gasteiger partial charge in [-0.05, 0) is 49.6 Å². The van der Waals surface area contributed by atoms with Crippen LogP contribution in [-0.2, 0) is 17.8 Å². The fourth-order valence-electron chi connectivity index (χ4n) is 4.96. The molecular formula is C28H33N5O4S2. The molecule has 39 heavy (non-hydrogen) atoms. The smallest absolute Gasteiger partial charge is 0.270 e.